The van der Waals surface area contributed by atoms with Crippen LogP contribution in [0.4, 0.5) is 11.4 Å². The molecule has 142 valence electrons. The maximum absolute atomic E-state index is 12.5. The highest BCUT2D eigenvalue weighted by Crippen LogP contribution is 2.33. The number of ether oxygens (including phenoxy) is 1. The van der Waals surface area contributed by atoms with Crippen LogP contribution >= 0.6 is 15.9 Å². The number of fused-ring (bicyclic) bond motifs is 1. The summed E-state index contributed by atoms with van der Waals surface area (Å²) in [5, 5.41) is 5.74. The van der Waals surface area contributed by atoms with E-state index in [2.05, 4.69) is 26.6 Å². The van der Waals surface area contributed by atoms with Gasteiger partial charge in [0.1, 0.15) is 5.75 Å². The third kappa shape index (κ3) is 5.01. The topological polar surface area (TPSA) is 70.7 Å². The predicted molar refractivity (Wildman–Crippen MR) is 109 cm³/mol. The molecule has 0 bridgehead atoms. The van der Waals surface area contributed by atoms with Gasteiger partial charge in [-0.25, -0.2) is 0 Å². The van der Waals surface area contributed by atoms with E-state index in [0.29, 0.717) is 24.5 Å². The van der Waals surface area contributed by atoms with Crippen molar-refractivity contribution in [2.45, 2.75) is 19.4 Å². The van der Waals surface area contributed by atoms with E-state index >= 15 is 0 Å². The molecule has 1 aliphatic rings. The van der Waals surface area contributed by atoms with Crippen molar-refractivity contribution < 1.29 is 14.3 Å². The number of halogens is 1. The quantitative estimate of drug-likeness (QED) is 0.736. The largest absolute Gasteiger partial charge is 0.477 e. The Kier molecular flexibility index (Phi) is 6.34. The number of anilines is 2. The average molecular weight is 432 g/mol. The molecule has 27 heavy (non-hydrogen) atoms. The van der Waals surface area contributed by atoms with Crippen LogP contribution in [0.2, 0.25) is 0 Å². The molecule has 6 nitrogen and oxygen atoms in total. The molecule has 0 unspecified atom stereocenters. The van der Waals surface area contributed by atoms with Gasteiger partial charge in [0, 0.05) is 16.7 Å². The molecule has 0 saturated carbocycles. The fourth-order valence-corrected chi connectivity index (χ4v) is 3.29. The lowest BCUT2D eigenvalue weighted by atomic mass is 10.1. The Morgan fingerprint density at radius 1 is 1.22 bits per heavy atom. The number of hydrogen-bond donors (Lipinski definition) is 2. The van der Waals surface area contributed by atoms with Crippen molar-refractivity contribution in [1.29, 1.82) is 0 Å². The molecule has 0 fully saturated rings. The minimum absolute atomic E-state index is 0.129. The van der Waals surface area contributed by atoms with Crippen molar-refractivity contribution in [3.8, 4) is 5.75 Å². The van der Waals surface area contributed by atoms with Crippen molar-refractivity contribution in [3.63, 3.8) is 0 Å². The molecule has 0 spiro atoms. The molecule has 1 atom stereocenters. The first-order valence-corrected chi connectivity index (χ1v) is 9.70. The lowest BCUT2D eigenvalue weighted by Crippen LogP contribution is -2.50. The first-order valence-electron chi connectivity index (χ1n) is 8.90. The number of nitrogens with zero attached hydrogens (tertiary/aromatic N) is 1. The van der Waals surface area contributed by atoms with E-state index in [0.717, 1.165) is 16.6 Å². The van der Waals surface area contributed by atoms with E-state index in [1.165, 1.54) is 0 Å². The van der Waals surface area contributed by atoms with Crippen molar-refractivity contribution in [3.05, 3.63) is 53.0 Å². The minimum Gasteiger partial charge on any atom is -0.477 e. The molecule has 0 saturated heterocycles. The van der Waals surface area contributed by atoms with Crippen LogP contribution in [-0.4, -0.2) is 37.6 Å². The molecule has 2 aromatic rings. The Morgan fingerprint density at radius 2 is 2.04 bits per heavy atom. The Balaban J connectivity index is 1.72. The summed E-state index contributed by atoms with van der Waals surface area (Å²) < 4.78 is 6.74. The van der Waals surface area contributed by atoms with E-state index < -0.39 is 6.10 Å². The molecule has 2 N–H and O–H groups in total. The van der Waals surface area contributed by atoms with Gasteiger partial charge in [0.05, 0.1) is 18.8 Å². The summed E-state index contributed by atoms with van der Waals surface area (Å²) in [6, 6.07) is 14.9. The molecule has 2 amide bonds. The molecule has 1 aliphatic heterocycles. The van der Waals surface area contributed by atoms with Crippen LogP contribution in [0.25, 0.3) is 0 Å². The first-order chi connectivity index (χ1) is 13.1. The molecular weight excluding hydrogens is 410 g/mol. The van der Waals surface area contributed by atoms with Gasteiger partial charge in [-0.2, -0.15) is 0 Å². The third-order valence-electron chi connectivity index (χ3n) is 4.15. The number of nitrogens with one attached hydrogen (secondary N) is 2. The first kappa shape index (κ1) is 19.2. The SMILES string of the molecule is CCCNC(=O)[C@H]1CN(CC(=O)Nc2cccc(Br)c2)c2ccccc2O1. The molecule has 7 heteroatoms. The number of para-hydroxylation sites is 2. The van der Waals surface area contributed by atoms with Gasteiger partial charge in [-0.3, -0.25) is 9.59 Å². The van der Waals surface area contributed by atoms with E-state index in [9.17, 15) is 9.59 Å². The standard InChI is InChI=1S/C20H22BrN3O3/c1-2-10-22-20(26)18-12-24(16-8-3-4-9-17(16)27-18)13-19(25)23-15-7-5-6-14(21)11-15/h3-9,11,18H,2,10,12-13H2,1H3,(H,22,26)(H,23,25)/t18-/m1/s1. The molecule has 3 rings (SSSR count). The van der Waals surface area contributed by atoms with Crippen LogP contribution in [0.5, 0.6) is 5.75 Å². The molecule has 1 heterocycles. The second-order valence-corrected chi connectivity index (χ2v) is 7.22. The zero-order valence-corrected chi connectivity index (χ0v) is 16.7. The molecule has 0 aromatic heterocycles. The lowest BCUT2D eigenvalue weighted by Gasteiger charge is -2.35. The fraction of sp³-hybridized carbons (Fsp3) is 0.300. The second-order valence-electron chi connectivity index (χ2n) is 6.30. The highest BCUT2D eigenvalue weighted by molar-refractivity contribution is 9.10. The number of hydrogen-bond acceptors (Lipinski definition) is 4. The van der Waals surface area contributed by atoms with Gasteiger partial charge in [-0.1, -0.05) is 41.1 Å². The third-order valence-corrected chi connectivity index (χ3v) is 4.64. The summed E-state index contributed by atoms with van der Waals surface area (Å²) >= 11 is 3.39. The summed E-state index contributed by atoms with van der Waals surface area (Å²) in [6.45, 7) is 3.04. The van der Waals surface area contributed by atoms with Gasteiger partial charge in [0.15, 0.2) is 6.10 Å². The van der Waals surface area contributed by atoms with Gasteiger partial charge in [0.25, 0.3) is 5.91 Å². The molecule has 2 aromatic carbocycles. The fourth-order valence-electron chi connectivity index (χ4n) is 2.90. The Bertz CT molecular complexity index is 828. The second kappa shape index (κ2) is 8.90. The van der Waals surface area contributed by atoms with Crippen LogP contribution in [0.3, 0.4) is 0 Å². The van der Waals surface area contributed by atoms with Gasteiger partial charge in [0.2, 0.25) is 5.91 Å². The number of carbonyl (C=O) groups is 2. The van der Waals surface area contributed by atoms with E-state index in [-0.39, 0.29) is 18.4 Å². The summed E-state index contributed by atoms with van der Waals surface area (Å²) in [6.07, 6.45) is 0.207. The zero-order valence-electron chi connectivity index (χ0n) is 15.1. The van der Waals surface area contributed by atoms with Crippen LogP contribution in [0.1, 0.15) is 13.3 Å². The molecule has 0 radical (unpaired) electrons. The number of carbonyl (C=O) groups excluding carboxylic acids is 2. The maximum atomic E-state index is 12.5. The van der Waals surface area contributed by atoms with E-state index in [1.54, 1.807) is 0 Å². The highest BCUT2D eigenvalue weighted by Gasteiger charge is 2.31. The normalized spacial score (nSPS) is 15.5. The monoisotopic (exact) mass is 431 g/mol. The Morgan fingerprint density at radius 3 is 2.81 bits per heavy atom. The van der Waals surface area contributed by atoms with Crippen LogP contribution < -0.4 is 20.3 Å². The van der Waals surface area contributed by atoms with Crippen molar-refractivity contribution >= 4 is 39.1 Å². The lowest BCUT2D eigenvalue weighted by molar-refractivity contribution is -0.128. The Labute approximate surface area is 167 Å². The van der Waals surface area contributed by atoms with Gasteiger partial charge in [-0.05, 0) is 36.8 Å². The van der Waals surface area contributed by atoms with Crippen molar-refractivity contribution in [1.82, 2.24) is 5.32 Å². The summed E-state index contributed by atoms with van der Waals surface area (Å²) in [5.41, 5.74) is 1.52. The van der Waals surface area contributed by atoms with Gasteiger partial charge < -0.3 is 20.3 Å². The van der Waals surface area contributed by atoms with Crippen molar-refractivity contribution in [2.75, 3.05) is 29.9 Å². The minimum atomic E-state index is -0.648. The Hall–Kier alpha value is -2.54. The van der Waals surface area contributed by atoms with Crippen LogP contribution in [0, 0.1) is 0 Å². The zero-order chi connectivity index (χ0) is 19.2. The average Bonchev–Trinajstić information content (AvgIpc) is 2.66. The van der Waals surface area contributed by atoms with Gasteiger partial charge in [-0.15, -0.1) is 0 Å². The maximum Gasteiger partial charge on any atom is 0.262 e. The molecule has 0 aliphatic carbocycles. The summed E-state index contributed by atoms with van der Waals surface area (Å²) in [5.74, 6) is 0.289. The van der Waals surface area contributed by atoms with Crippen LogP contribution in [-0.2, 0) is 9.59 Å². The number of rotatable bonds is 6. The highest BCUT2D eigenvalue weighted by atomic mass is 79.9. The smallest absolute Gasteiger partial charge is 0.262 e. The summed E-state index contributed by atoms with van der Waals surface area (Å²) in [4.78, 5) is 26.8. The molecular formula is C20H22BrN3O3. The number of amides is 2. The van der Waals surface area contributed by atoms with Crippen LogP contribution in [0.15, 0.2) is 53.0 Å². The van der Waals surface area contributed by atoms with E-state index in [1.807, 2.05) is 60.4 Å². The predicted octanol–water partition coefficient (Wildman–Crippen LogP) is 3.18. The van der Waals surface area contributed by atoms with E-state index in [4.69, 9.17) is 4.74 Å². The van der Waals surface area contributed by atoms with Crippen molar-refractivity contribution in [2.24, 2.45) is 0 Å². The van der Waals surface area contributed by atoms with Gasteiger partial charge >= 0.3 is 0 Å². The number of benzene rings is 2. The summed E-state index contributed by atoms with van der Waals surface area (Å²) in [7, 11) is 0.